The van der Waals surface area contributed by atoms with Crippen molar-refractivity contribution in [3.8, 4) is 0 Å². The van der Waals surface area contributed by atoms with Crippen molar-refractivity contribution in [2.24, 2.45) is 0 Å². The van der Waals surface area contributed by atoms with Crippen LogP contribution in [-0.2, 0) is 21.7 Å². The maximum atomic E-state index is 2.82. The average Bonchev–Trinajstić information content (AvgIpc) is 3.19. The third-order valence-electron chi connectivity index (χ3n) is 13.9. The van der Waals surface area contributed by atoms with Gasteiger partial charge in [0.25, 0.3) is 0 Å². The van der Waals surface area contributed by atoms with E-state index >= 15 is 0 Å². The fourth-order valence-electron chi connectivity index (χ4n) is 12.2. The molecule has 4 rings (SSSR count). The van der Waals surface area contributed by atoms with E-state index in [4.69, 9.17) is 0 Å². The zero-order chi connectivity index (χ0) is 45.2. The molecule has 344 valence electrons. The maximum absolute atomic E-state index is 3.09. The van der Waals surface area contributed by atoms with Gasteiger partial charge in [-0.2, -0.15) is 22.3 Å². The largest absolute Gasteiger partial charge is 4.00 e. The van der Waals surface area contributed by atoms with Crippen LogP contribution in [0.5, 0.6) is 0 Å². The maximum Gasteiger partial charge on any atom is 4.00 e. The molecule has 0 aliphatic heterocycles. The first-order valence-corrected chi connectivity index (χ1v) is 45.5. The summed E-state index contributed by atoms with van der Waals surface area (Å²) in [5.74, 6) is 0. The van der Waals surface area contributed by atoms with Crippen LogP contribution >= 0.6 is 0 Å². The van der Waals surface area contributed by atoms with Gasteiger partial charge in [0.1, 0.15) is 8.07 Å². The Balaban J connectivity index is 0.00000930. The molecule has 0 atom stereocenters. The van der Waals surface area contributed by atoms with Gasteiger partial charge in [-0.15, -0.1) is 5.19 Å². The van der Waals surface area contributed by atoms with E-state index in [0.29, 0.717) is 0 Å². The topological polar surface area (TPSA) is 0 Å². The predicted octanol–water partition coefficient (Wildman–Crippen LogP) is 0.148. The van der Waals surface area contributed by atoms with E-state index < -0.39 is 56.5 Å². The van der Waals surface area contributed by atoms with Crippen LogP contribution in [-0.4, -0.2) is 56.5 Å². The van der Waals surface area contributed by atoms with Crippen molar-refractivity contribution >= 4 is 108 Å². The molecule has 0 radical (unpaired) electrons. The number of aryl methyl sites for hydroxylation is 3. The third kappa shape index (κ3) is 10.7. The van der Waals surface area contributed by atoms with Gasteiger partial charge in [-0.05, 0) is 41.5 Å². The fourth-order valence-corrected chi connectivity index (χ4v) is 39.1. The van der Waals surface area contributed by atoms with Crippen LogP contribution in [0.15, 0.2) is 18.2 Å². The Kier molecular flexibility index (Phi) is 20.0. The summed E-state index contributed by atoms with van der Waals surface area (Å²) in [6, 6.07) is 8.46. The molecule has 0 spiro atoms. The van der Waals surface area contributed by atoms with Crippen LogP contribution in [0, 0.1) is 69.2 Å². The van der Waals surface area contributed by atoms with E-state index in [1.54, 1.807) is 96.4 Å². The zero-order valence-electron chi connectivity index (χ0n) is 44.9. The van der Waals surface area contributed by atoms with Gasteiger partial charge in [-0.3, -0.25) is 0 Å². The molecule has 0 amide bonds. The van der Waals surface area contributed by atoms with Crippen molar-refractivity contribution in [2.75, 3.05) is 0 Å². The van der Waals surface area contributed by atoms with Gasteiger partial charge in [0.05, 0.1) is 48.4 Å². The van der Waals surface area contributed by atoms with Crippen LogP contribution in [0.1, 0.15) is 55.6 Å². The summed E-state index contributed by atoms with van der Waals surface area (Å²) >= 11 is 0. The number of benzene rings is 3. The standard InChI is InChI=1S/C51H87Si7.3ClH.Ti/c1-32-29-42(39(8)49(55(20,21)22)45(32)52(11,12)13)58(48-37(6)35(4)36(5)38(48)7,43-30-33(2)46(53(14,15)16)50(40(43)9)56(23,24)25)44-31-34(3)47(54(17,18)19)51(41(44)10)57(26,27)28;;;;/h29-31H,1-28H3;3*1H;/q-1;;;;+4/p-3. The monoisotopic (exact) mass is 1050 g/mol. The van der Waals surface area contributed by atoms with Gasteiger partial charge >= 0.3 is 21.7 Å². The van der Waals surface area contributed by atoms with E-state index in [1.165, 1.54) is 11.1 Å². The molecule has 0 aliphatic rings. The minimum absolute atomic E-state index is 0. The van der Waals surface area contributed by atoms with Gasteiger partial charge < -0.3 is 37.2 Å². The summed E-state index contributed by atoms with van der Waals surface area (Å²) < 4.78 is 0. The summed E-state index contributed by atoms with van der Waals surface area (Å²) in [7, 11) is -13.7. The van der Waals surface area contributed by atoms with Crippen molar-refractivity contribution in [3.05, 3.63) is 73.8 Å². The molecule has 0 N–H and O–H groups in total. The van der Waals surface area contributed by atoms with Crippen molar-refractivity contribution in [1.29, 1.82) is 0 Å². The summed E-state index contributed by atoms with van der Waals surface area (Å²) in [4.78, 5) is 0. The van der Waals surface area contributed by atoms with Crippen molar-refractivity contribution < 1.29 is 58.9 Å². The van der Waals surface area contributed by atoms with Crippen LogP contribution in [0.4, 0.5) is 0 Å². The predicted molar refractivity (Wildman–Crippen MR) is 291 cm³/mol. The smallest absolute Gasteiger partial charge is 1.00 e. The summed E-state index contributed by atoms with van der Waals surface area (Å²) in [5, 5.41) is 17.3. The number of rotatable bonds is 10. The number of hydrogen-bond donors (Lipinski definition) is 0. The summed E-state index contributed by atoms with van der Waals surface area (Å²) in [5.41, 5.74) is 15.7. The third-order valence-corrected chi connectivity index (χ3v) is 32.9. The van der Waals surface area contributed by atoms with E-state index in [2.05, 4.69) is 205 Å². The Morgan fingerprint density at radius 1 is 0.290 bits per heavy atom. The molecule has 4 aromatic carbocycles. The molecule has 0 unspecified atom stereocenters. The SMILES string of the molecule is Cc1cc([Si](c2cc(C)c([Si](C)(C)C)c([Si](C)(C)C)c2C)(c2cc(C)c([Si](C)(C)C)c([Si](C)(C)C)c2C)[c-]2c(C)c(C)c(C)c2C)c(C)c([Si](C)(C)C)c1[Si](C)(C)C.[Cl-].[Cl-].[Cl-].[Ti+4]. The first-order valence-electron chi connectivity index (χ1n) is 22.5. The molecule has 0 aliphatic carbocycles. The molecule has 0 nitrogen and oxygen atoms in total. The van der Waals surface area contributed by atoms with Gasteiger partial charge in [-0.1, -0.05) is 244 Å². The Morgan fingerprint density at radius 3 is 0.629 bits per heavy atom. The second-order valence-corrected chi connectivity index (χ2v) is 58.6. The van der Waals surface area contributed by atoms with Crippen molar-refractivity contribution in [2.45, 2.75) is 187 Å². The second-order valence-electron chi connectivity index (χ2n) is 25.0. The molecule has 0 aromatic heterocycles. The van der Waals surface area contributed by atoms with E-state index in [1.807, 2.05) is 0 Å². The van der Waals surface area contributed by atoms with Crippen molar-refractivity contribution in [3.63, 3.8) is 0 Å². The molecule has 0 heterocycles. The molecule has 62 heavy (non-hydrogen) atoms. The molecule has 0 fully saturated rings. The Bertz CT molecular complexity index is 2060. The number of halogens is 3. The van der Waals surface area contributed by atoms with Gasteiger partial charge in [0.2, 0.25) is 0 Å². The Labute approximate surface area is 424 Å². The summed E-state index contributed by atoms with van der Waals surface area (Å²) in [6.07, 6.45) is 0. The molecule has 11 heteroatoms. The molecular formula is C51H87Cl3Si7Ti. The Morgan fingerprint density at radius 2 is 0.468 bits per heavy atom. The van der Waals surface area contributed by atoms with Gasteiger partial charge in [0.15, 0.2) is 0 Å². The van der Waals surface area contributed by atoms with Crippen molar-refractivity contribution in [1.82, 2.24) is 0 Å². The van der Waals surface area contributed by atoms with Gasteiger partial charge in [-0.25, -0.2) is 0 Å². The fraction of sp³-hybridized carbons (Fsp3) is 0.549. The molecule has 4 aromatic rings. The Hall–Kier alpha value is 0.112. The van der Waals surface area contributed by atoms with Crippen LogP contribution in [0.3, 0.4) is 0 Å². The molecule has 0 bridgehead atoms. The van der Waals surface area contributed by atoms with Gasteiger partial charge in [0, 0.05) is 0 Å². The molecule has 0 saturated heterocycles. The van der Waals surface area contributed by atoms with E-state index in [9.17, 15) is 0 Å². The number of hydrogen-bond acceptors (Lipinski definition) is 0. The van der Waals surface area contributed by atoms with E-state index in [0.717, 1.165) is 0 Å². The molecule has 0 saturated carbocycles. The summed E-state index contributed by atoms with van der Waals surface area (Å²) in [6.45, 7) is 72.5. The van der Waals surface area contributed by atoms with Crippen LogP contribution in [0.25, 0.3) is 0 Å². The minimum Gasteiger partial charge on any atom is -1.00 e. The zero-order valence-corrected chi connectivity index (χ0v) is 55.7. The quantitative estimate of drug-likeness (QED) is 0.121. The molecular weight excluding hydrogens is 963 g/mol. The second kappa shape index (κ2) is 20.0. The first kappa shape index (κ1) is 62.1. The van der Waals surface area contributed by atoms with Crippen LogP contribution in [0.2, 0.25) is 118 Å². The average molecular weight is 1050 g/mol. The normalized spacial score (nSPS) is 13.0. The van der Waals surface area contributed by atoms with E-state index in [-0.39, 0.29) is 58.9 Å². The van der Waals surface area contributed by atoms with Crippen LogP contribution < -0.4 is 89.1 Å². The minimum atomic E-state index is -3.09. The first-order chi connectivity index (χ1) is 25.8.